The predicted molar refractivity (Wildman–Crippen MR) is 141 cm³/mol. The lowest BCUT2D eigenvalue weighted by Crippen LogP contribution is -2.30. The Kier molecular flexibility index (Phi) is 9.25. The fourth-order valence-electron chi connectivity index (χ4n) is 4.63. The van der Waals surface area contributed by atoms with Crippen LogP contribution in [0.1, 0.15) is 43.5 Å². The molecule has 40 heavy (non-hydrogen) atoms. The first-order valence-corrected chi connectivity index (χ1v) is 12.9. The van der Waals surface area contributed by atoms with E-state index in [1.165, 1.54) is 31.4 Å². The molecule has 1 aliphatic rings. The summed E-state index contributed by atoms with van der Waals surface area (Å²) in [5.74, 6) is 0.464. The summed E-state index contributed by atoms with van der Waals surface area (Å²) in [6, 6.07) is 8.82. The van der Waals surface area contributed by atoms with Crippen LogP contribution in [0.15, 0.2) is 36.4 Å². The van der Waals surface area contributed by atoms with E-state index < -0.39 is 11.1 Å². The molecule has 13 heteroatoms. The molecule has 2 heterocycles. The van der Waals surface area contributed by atoms with Gasteiger partial charge < -0.3 is 18.9 Å². The summed E-state index contributed by atoms with van der Waals surface area (Å²) in [5.41, 5.74) is 2.68. The van der Waals surface area contributed by atoms with Gasteiger partial charge in [0.2, 0.25) is 0 Å². The minimum atomic E-state index is -0.902. The molecule has 4 rings (SSSR count). The minimum Gasteiger partial charge on any atom is -0.489 e. The second kappa shape index (κ2) is 13.0. The van der Waals surface area contributed by atoms with E-state index in [-0.39, 0.29) is 36.0 Å². The number of hydrogen-bond acceptors (Lipinski definition) is 11. The van der Waals surface area contributed by atoms with Crippen LogP contribution in [0.3, 0.4) is 0 Å². The highest BCUT2D eigenvalue weighted by molar-refractivity contribution is 5.72. The lowest BCUT2D eigenvalue weighted by Gasteiger charge is -2.28. The maximum absolute atomic E-state index is 12.0. The summed E-state index contributed by atoms with van der Waals surface area (Å²) < 4.78 is 22.9. The van der Waals surface area contributed by atoms with Gasteiger partial charge in [-0.25, -0.2) is 9.78 Å². The van der Waals surface area contributed by atoms with Gasteiger partial charge in [-0.05, 0) is 69.7 Å². The average molecular weight is 554 g/mol. The van der Waals surface area contributed by atoms with E-state index in [0.717, 1.165) is 25.0 Å². The fraction of sp³-hybridized carbons (Fsp3) is 0.444. The number of nitrogens with zero attached hydrogens (tertiary/aromatic N) is 5. The lowest BCUT2D eigenvalue weighted by atomic mass is 9.87. The number of esters is 1. The molecule has 2 atom stereocenters. The SMILES string of the molecule is COC(=O)[C@H]1CCC[C@H](Oc2ccc(-c3nnn(C)c3CCCOC(=O)Oc3ccc([N+](=O)[O-])cc3)nc2C)C1. The van der Waals surface area contributed by atoms with Gasteiger partial charge in [-0.3, -0.25) is 19.6 Å². The van der Waals surface area contributed by atoms with Crippen molar-refractivity contribution in [2.75, 3.05) is 13.7 Å². The highest BCUT2D eigenvalue weighted by atomic mass is 16.7. The Bertz CT molecular complexity index is 1360. The molecular weight excluding hydrogens is 522 g/mol. The van der Waals surface area contributed by atoms with E-state index in [9.17, 15) is 19.7 Å². The summed E-state index contributed by atoms with van der Waals surface area (Å²) in [6.07, 6.45) is 3.20. The van der Waals surface area contributed by atoms with E-state index in [4.69, 9.17) is 23.9 Å². The Labute approximate surface area is 230 Å². The zero-order valence-corrected chi connectivity index (χ0v) is 22.6. The Morgan fingerprint density at radius 2 is 1.93 bits per heavy atom. The van der Waals surface area contributed by atoms with Crippen molar-refractivity contribution in [1.29, 1.82) is 0 Å². The zero-order chi connectivity index (χ0) is 28.6. The maximum Gasteiger partial charge on any atom is 0.513 e. The molecule has 0 aliphatic heterocycles. The molecule has 1 saturated carbocycles. The Balaban J connectivity index is 1.31. The van der Waals surface area contributed by atoms with E-state index in [1.807, 2.05) is 19.1 Å². The third kappa shape index (κ3) is 7.10. The van der Waals surface area contributed by atoms with Crippen molar-refractivity contribution in [3.63, 3.8) is 0 Å². The number of carbonyl (C=O) groups is 2. The van der Waals surface area contributed by atoms with Gasteiger partial charge in [-0.1, -0.05) is 5.21 Å². The van der Waals surface area contributed by atoms with Crippen LogP contribution in [-0.2, 0) is 27.7 Å². The summed E-state index contributed by atoms with van der Waals surface area (Å²) in [6.45, 7) is 1.95. The number of nitro groups is 1. The first-order chi connectivity index (χ1) is 19.2. The second-order valence-corrected chi connectivity index (χ2v) is 9.47. The van der Waals surface area contributed by atoms with Gasteiger partial charge in [0.05, 0.1) is 47.7 Å². The predicted octanol–water partition coefficient (Wildman–Crippen LogP) is 4.35. The molecule has 0 N–H and O–H groups in total. The Hall–Kier alpha value is -4.55. The van der Waals surface area contributed by atoms with Crippen molar-refractivity contribution in [2.45, 2.75) is 51.6 Å². The summed E-state index contributed by atoms with van der Waals surface area (Å²) >= 11 is 0. The van der Waals surface area contributed by atoms with Crippen LogP contribution in [0.5, 0.6) is 11.5 Å². The van der Waals surface area contributed by atoms with Gasteiger partial charge in [0.15, 0.2) is 0 Å². The highest BCUT2D eigenvalue weighted by Gasteiger charge is 2.29. The summed E-state index contributed by atoms with van der Waals surface area (Å²) in [5, 5.41) is 19.1. The van der Waals surface area contributed by atoms with Gasteiger partial charge in [0, 0.05) is 19.2 Å². The van der Waals surface area contributed by atoms with Crippen LogP contribution < -0.4 is 9.47 Å². The fourth-order valence-corrected chi connectivity index (χ4v) is 4.63. The molecule has 0 radical (unpaired) electrons. The molecule has 0 unspecified atom stereocenters. The van der Waals surface area contributed by atoms with Crippen LogP contribution in [0.2, 0.25) is 0 Å². The number of nitro benzene ring substituents is 1. The number of pyridine rings is 1. The number of carbonyl (C=O) groups excluding carboxylic acids is 2. The molecular formula is C27H31N5O8. The van der Waals surface area contributed by atoms with Crippen LogP contribution >= 0.6 is 0 Å². The summed E-state index contributed by atoms with van der Waals surface area (Å²) in [4.78, 5) is 38.8. The molecule has 1 aliphatic carbocycles. The summed E-state index contributed by atoms with van der Waals surface area (Å²) in [7, 11) is 3.19. The van der Waals surface area contributed by atoms with Crippen molar-refractivity contribution in [3.05, 3.63) is 57.9 Å². The standard InChI is InChI=1S/C27H31N5O8/c1-17-24(39-21-7-4-6-18(16-21)26(33)37-3)14-13-22(28-17)25-23(31(2)30-29-25)8-5-15-38-27(34)40-20-11-9-19(10-12-20)32(35)36/h9-14,18,21H,4-8,15-16H2,1-3H3/t18-,21-/m0/s1. The number of aryl methyl sites for hydroxylation is 2. The van der Waals surface area contributed by atoms with Gasteiger partial charge >= 0.3 is 12.1 Å². The molecule has 1 aromatic carbocycles. The number of methoxy groups -OCH3 is 1. The van der Waals surface area contributed by atoms with Crippen molar-refractivity contribution in [3.8, 4) is 22.9 Å². The van der Waals surface area contributed by atoms with Crippen molar-refractivity contribution in [2.24, 2.45) is 13.0 Å². The third-order valence-corrected chi connectivity index (χ3v) is 6.70. The third-order valence-electron chi connectivity index (χ3n) is 6.70. The normalized spacial score (nSPS) is 16.7. The molecule has 1 fully saturated rings. The molecule has 0 saturated heterocycles. The lowest BCUT2D eigenvalue weighted by molar-refractivity contribution is -0.384. The number of aromatic nitrogens is 4. The molecule has 0 amide bonds. The second-order valence-electron chi connectivity index (χ2n) is 9.47. The number of non-ortho nitro benzene ring substituents is 1. The van der Waals surface area contributed by atoms with Crippen LogP contribution in [-0.4, -0.2) is 56.8 Å². The topological polar surface area (TPSA) is 158 Å². The molecule has 2 aromatic heterocycles. The largest absolute Gasteiger partial charge is 0.513 e. The van der Waals surface area contributed by atoms with Crippen molar-refractivity contribution >= 4 is 17.8 Å². The first kappa shape index (κ1) is 28.5. The number of benzene rings is 1. The quantitative estimate of drug-likeness (QED) is 0.115. The minimum absolute atomic E-state index is 0.0802. The highest BCUT2D eigenvalue weighted by Crippen LogP contribution is 2.31. The van der Waals surface area contributed by atoms with E-state index in [1.54, 1.807) is 11.7 Å². The molecule has 13 nitrogen and oxygen atoms in total. The van der Waals surface area contributed by atoms with Crippen LogP contribution in [0, 0.1) is 23.0 Å². The maximum atomic E-state index is 12.0. The van der Waals surface area contributed by atoms with Gasteiger partial charge in [-0.2, -0.15) is 0 Å². The first-order valence-electron chi connectivity index (χ1n) is 12.9. The van der Waals surface area contributed by atoms with Crippen molar-refractivity contribution < 1.29 is 33.5 Å². The molecule has 0 spiro atoms. The Morgan fingerprint density at radius 3 is 2.62 bits per heavy atom. The smallest absolute Gasteiger partial charge is 0.489 e. The van der Waals surface area contributed by atoms with Crippen LogP contribution in [0.25, 0.3) is 11.4 Å². The Morgan fingerprint density at radius 1 is 1.15 bits per heavy atom. The molecule has 3 aromatic rings. The van der Waals surface area contributed by atoms with Gasteiger partial charge in [-0.15, -0.1) is 5.10 Å². The van der Waals surface area contributed by atoms with Crippen LogP contribution in [0.4, 0.5) is 10.5 Å². The number of ether oxygens (including phenoxy) is 4. The van der Waals surface area contributed by atoms with E-state index >= 15 is 0 Å². The van der Waals surface area contributed by atoms with Gasteiger partial charge in [0.25, 0.3) is 5.69 Å². The van der Waals surface area contributed by atoms with E-state index in [0.29, 0.717) is 42.1 Å². The van der Waals surface area contributed by atoms with Crippen molar-refractivity contribution in [1.82, 2.24) is 20.0 Å². The zero-order valence-electron chi connectivity index (χ0n) is 22.6. The molecule has 212 valence electrons. The number of rotatable bonds is 10. The average Bonchev–Trinajstić information content (AvgIpc) is 3.32. The molecule has 0 bridgehead atoms. The van der Waals surface area contributed by atoms with E-state index in [2.05, 4.69) is 10.3 Å². The number of hydrogen-bond donors (Lipinski definition) is 0. The van der Waals surface area contributed by atoms with Gasteiger partial charge in [0.1, 0.15) is 17.2 Å². The monoisotopic (exact) mass is 553 g/mol.